The normalized spacial score (nSPS) is 12.0. The lowest BCUT2D eigenvalue weighted by Gasteiger charge is -2.09. The van der Waals surface area contributed by atoms with E-state index in [0.29, 0.717) is 0 Å². The lowest BCUT2D eigenvalue weighted by atomic mass is 10.2. The molecule has 35 heavy (non-hydrogen) atoms. The summed E-state index contributed by atoms with van der Waals surface area (Å²) in [5.41, 5.74) is 6.22. The highest BCUT2D eigenvalue weighted by Crippen LogP contribution is 2.41. The van der Waals surface area contributed by atoms with E-state index in [0.717, 1.165) is 0 Å². The van der Waals surface area contributed by atoms with Gasteiger partial charge in [0.25, 0.3) is 0 Å². The minimum absolute atomic E-state index is 1.23. The highest BCUT2D eigenvalue weighted by molar-refractivity contribution is 7.22. The number of para-hydroxylation sites is 4. The molecule has 0 unspecified atom stereocenters. The van der Waals surface area contributed by atoms with Gasteiger partial charge in [-0.05, 0) is 41.8 Å². The Balaban J connectivity index is 1.47. The summed E-state index contributed by atoms with van der Waals surface area (Å²) in [6, 6.07) is 43.9. The quantitative estimate of drug-likeness (QED) is 0.241. The third-order valence-corrected chi connectivity index (χ3v) is 8.29. The van der Waals surface area contributed by atoms with Crippen molar-refractivity contribution in [3.05, 3.63) is 121 Å². The maximum Gasteiger partial charge on any atom is 0.101 e. The molecule has 3 heterocycles. The molecule has 0 saturated heterocycles. The molecule has 0 saturated carbocycles. The SMILES string of the molecule is c1cc(-n2c3ccccc3c3ccccc32)c2sc(-n3c4ccccc4c4ccccc43)cc2c1. The standard InChI is InChI=1S/C32H20N2S/c1-5-15-26-22(11-1)23-12-2-6-16-27(23)33(26)30-19-9-10-21-20-31(35-32(21)30)34-28-17-7-3-13-24(28)25-14-4-8-18-29(25)34/h1-20H. The van der Waals surface area contributed by atoms with Gasteiger partial charge in [0, 0.05) is 21.5 Å². The summed E-state index contributed by atoms with van der Waals surface area (Å²) in [5, 5.41) is 7.68. The molecule has 164 valence electrons. The summed E-state index contributed by atoms with van der Waals surface area (Å²) in [7, 11) is 0. The highest BCUT2D eigenvalue weighted by Gasteiger charge is 2.17. The van der Waals surface area contributed by atoms with Gasteiger partial charge in [0.15, 0.2) is 0 Å². The van der Waals surface area contributed by atoms with Crippen molar-refractivity contribution in [2.45, 2.75) is 0 Å². The third kappa shape index (κ3) is 2.59. The van der Waals surface area contributed by atoms with Gasteiger partial charge in [-0.25, -0.2) is 0 Å². The van der Waals surface area contributed by atoms with Crippen molar-refractivity contribution in [1.29, 1.82) is 0 Å². The van der Waals surface area contributed by atoms with Crippen LogP contribution >= 0.6 is 11.3 Å². The molecule has 0 amide bonds. The molecule has 8 aromatic rings. The number of rotatable bonds is 2. The Hall–Kier alpha value is -4.34. The van der Waals surface area contributed by atoms with E-state index in [1.165, 1.54) is 64.4 Å². The maximum atomic E-state index is 2.43. The van der Waals surface area contributed by atoms with Crippen LogP contribution in [0.15, 0.2) is 121 Å². The average Bonchev–Trinajstić information content (AvgIpc) is 3.58. The predicted octanol–water partition coefficient (Wildman–Crippen LogP) is 9.10. The second-order valence-electron chi connectivity index (χ2n) is 9.02. The minimum Gasteiger partial charge on any atom is -0.308 e. The monoisotopic (exact) mass is 464 g/mol. The summed E-state index contributed by atoms with van der Waals surface area (Å²) in [4.78, 5) is 0. The number of benzene rings is 5. The van der Waals surface area contributed by atoms with Crippen molar-refractivity contribution in [2.24, 2.45) is 0 Å². The zero-order valence-corrected chi connectivity index (χ0v) is 19.7. The third-order valence-electron chi connectivity index (χ3n) is 7.13. The molecule has 0 aliphatic heterocycles. The van der Waals surface area contributed by atoms with Crippen molar-refractivity contribution < 1.29 is 0 Å². The van der Waals surface area contributed by atoms with Crippen molar-refractivity contribution in [1.82, 2.24) is 9.13 Å². The molecule has 3 aromatic heterocycles. The first-order chi connectivity index (χ1) is 17.4. The van der Waals surface area contributed by atoms with Gasteiger partial charge >= 0.3 is 0 Å². The lowest BCUT2D eigenvalue weighted by Crippen LogP contribution is -1.93. The molecule has 0 aliphatic carbocycles. The molecule has 2 nitrogen and oxygen atoms in total. The van der Waals surface area contributed by atoms with Gasteiger partial charge in [0.2, 0.25) is 0 Å². The average molecular weight is 465 g/mol. The lowest BCUT2D eigenvalue weighted by molar-refractivity contribution is 1.20. The maximum absolute atomic E-state index is 2.43. The minimum atomic E-state index is 1.23. The summed E-state index contributed by atoms with van der Waals surface area (Å²) < 4.78 is 6.15. The van der Waals surface area contributed by atoms with Crippen molar-refractivity contribution in [3.63, 3.8) is 0 Å². The first kappa shape index (κ1) is 19.0. The van der Waals surface area contributed by atoms with E-state index in [2.05, 4.69) is 130 Å². The van der Waals surface area contributed by atoms with E-state index in [1.54, 1.807) is 0 Å². The van der Waals surface area contributed by atoms with Crippen LogP contribution in [0.1, 0.15) is 0 Å². The van der Waals surface area contributed by atoms with Crippen LogP contribution in [0.5, 0.6) is 0 Å². The topological polar surface area (TPSA) is 9.86 Å². The zero-order chi connectivity index (χ0) is 22.9. The fraction of sp³-hybridized carbons (Fsp3) is 0. The van der Waals surface area contributed by atoms with Crippen molar-refractivity contribution >= 4 is 65.0 Å². The van der Waals surface area contributed by atoms with E-state index in [1.807, 2.05) is 11.3 Å². The molecule has 0 radical (unpaired) electrons. The summed E-state index contributed by atoms with van der Waals surface area (Å²) in [6.45, 7) is 0. The number of hydrogen-bond donors (Lipinski definition) is 0. The van der Waals surface area contributed by atoms with E-state index in [4.69, 9.17) is 0 Å². The highest BCUT2D eigenvalue weighted by atomic mass is 32.1. The van der Waals surface area contributed by atoms with Crippen LogP contribution in [-0.2, 0) is 0 Å². The van der Waals surface area contributed by atoms with Crippen LogP contribution in [0.4, 0.5) is 0 Å². The molecule has 0 atom stereocenters. The van der Waals surface area contributed by atoms with Gasteiger partial charge in [0.1, 0.15) is 5.00 Å². The molecular formula is C32H20N2S. The zero-order valence-electron chi connectivity index (χ0n) is 18.8. The van der Waals surface area contributed by atoms with Crippen molar-refractivity contribution in [2.75, 3.05) is 0 Å². The van der Waals surface area contributed by atoms with Gasteiger partial charge in [-0.3, -0.25) is 0 Å². The Morgan fingerprint density at radius 3 is 1.40 bits per heavy atom. The second-order valence-corrected chi connectivity index (χ2v) is 10.1. The van der Waals surface area contributed by atoms with Gasteiger partial charge in [0.05, 0.1) is 32.5 Å². The van der Waals surface area contributed by atoms with Gasteiger partial charge < -0.3 is 9.13 Å². The fourth-order valence-electron chi connectivity index (χ4n) is 5.66. The largest absolute Gasteiger partial charge is 0.308 e. The van der Waals surface area contributed by atoms with Crippen molar-refractivity contribution in [3.8, 4) is 10.7 Å². The van der Waals surface area contributed by atoms with Gasteiger partial charge in [-0.15, -0.1) is 11.3 Å². The first-order valence-electron chi connectivity index (χ1n) is 11.9. The summed E-state index contributed by atoms with van der Waals surface area (Å²) in [6.07, 6.45) is 0. The number of fused-ring (bicyclic) bond motifs is 7. The Kier molecular flexibility index (Phi) is 3.85. The van der Waals surface area contributed by atoms with Gasteiger partial charge in [-0.1, -0.05) is 84.9 Å². The number of aromatic nitrogens is 2. The molecule has 8 rings (SSSR count). The number of hydrogen-bond acceptors (Lipinski definition) is 1. The second kappa shape index (κ2) is 7.08. The van der Waals surface area contributed by atoms with E-state index >= 15 is 0 Å². The molecule has 3 heteroatoms. The van der Waals surface area contributed by atoms with E-state index in [-0.39, 0.29) is 0 Å². The Morgan fingerprint density at radius 1 is 0.429 bits per heavy atom. The van der Waals surface area contributed by atoms with Gasteiger partial charge in [-0.2, -0.15) is 0 Å². The van der Waals surface area contributed by atoms with E-state index in [9.17, 15) is 0 Å². The van der Waals surface area contributed by atoms with E-state index < -0.39 is 0 Å². The summed E-state index contributed by atoms with van der Waals surface area (Å²) in [5.74, 6) is 0. The van der Waals surface area contributed by atoms with Crippen LogP contribution in [0.3, 0.4) is 0 Å². The molecular weight excluding hydrogens is 444 g/mol. The molecule has 0 aliphatic rings. The summed E-state index contributed by atoms with van der Waals surface area (Å²) >= 11 is 1.87. The Labute approximate surface area is 205 Å². The smallest absolute Gasteiger partial charge is 0.101 e. The number of nitrogens with zero attached hydrogens (tertiary/aromatic N) is 2. The van der Waals surface area contributed by atoms with Crippen LogP contribution in [0.25, 0.3) is 64.4 Å². The molecule has 0 bridgehead atoms. The van der Waals surface area contributed by atoms with Crippen LogP contribution in [0.2, 0.25) is 0 Å². The fourth-order valence-corrected chi connectivity index (χ4v) is 6.85. The Morgan fingerprint density at radius 2 is 0.886 bits per heavy atom. The molecule has 0 N–H and O–H groups in total. The number of thiophene rings is 1. The predicted molar refractivity (Wildman–Crippen MR) is 151 cm³/mol. The molecule has 5 aromatic carbocycles. The first-order valence-corrected chi connectivity index (χ1v) is 12.7. The van der Waals surface area contributed by atoms with Crippen LogP contribution in [0, 0.1) is 0 Å². The van der Waals surface area contributed by atoms with Crippen LogP contribution in [-0.4, -0.2) is 9.13 Å². The van der Waals surface area contributed by atoms with Crippen LogP contribution < -0.4 is 0 Å². The Bertz CT molecular complexity index is 1960. The molecule has 0 spiro atoms. The molecule has 0 fully saturated rings.